The molecule has 1 aromatic heterocycles. The highest BCUT2D eigenvalue weighted by atomic mass is 32.1. The van der Waals surface area contributed by atoms with Gasteiger partial charge in [-0.2, -0.15) is 0 Å². The van der Waals surface area contributed by atoms with Crippen LogP contribution in [0.4, 0.5) is 5.69 Å². The minimum atomic E-state index is -0.376. The predicted octanol–water partition coefficient (Wildman–Crippen LogP) is 3.89. The van der Waals surface area contributed by atoms with Gasteiger partial charge in [0.2, 0.25) is 0 Å². The number of hydrogen-bond acceptors (Lipinski definition) is 6. The molecule has 0 aliphatic carbocycles. The van der Waals surface area contributed by atoms with E-state index in [2.05, 4.69) is 29.2 Å². The van der Waals surface area contributed by atoms with E-state index in [0.29, 0.717) is 18.4 Å². The van der Waals surface area contributed by atoms with Gasteiger partial charge in [-0.25, -0.2) is 4.98 Å². The van der Waals surface area contributed by atoms with Gasteiger partial charge in [0.25, 0.3) is 5.69 Å². The summed E-state index contributed by atoms with van der Waals surface area (Å²) in [6.45, 7) is 3.37. The molecule has 4 rings (SSSR count). The highest BCUT2D eigenvalue weighted by Crippen LogP contribution is 2.33. The number of rotatable bonds is 6. The van der Waals surface area contributed by atoms with Crippen LogP contribution in [0.2, 0.25) is 0 Å². The van der Waals surface area contributed by atoms with Crippen LogP contribution >= 0.6 is 11.3 Å². The minimum Gasteiger partial charge on any atom is -0.330 e. The number of non-ortho nitro benzene ring substituents is 1. The maximum absolute atomic E-state index is 11.0. The van der Waals surface area contributed by atoms with E-state index in [0.717, 1.165) is 35.9 Å². The lowest BCUT2D eigenvalue weighted by atomic mass is 9.89. The molecule has 6 nitrogen and oxygen atoms in total. The normalized spacial score (nSPS) is 19.8. The summed E-state index contributed by atoms with van der Waals surface area (Å²) in [5.41, 5.74) is 9.25. The Morgan fingerprint density at radius 3 is 2.75 bits per heavy atom. The second-order valence-electron chi connectivity index (χ2n) is 7.16. The van der Waals surface area contributed by atoms with E-state index in [-0.39, 0.29) is 10.6 Å². The van der Waals surface area contributed by atoms with Gasteiger partial charge in [-0.15, -0.1) is 11.3 Å². The van der Waals surface area contributed by atoms with E-state index in [4.69, 9.17) is 10.7 Å². The van der Waals surface area contributed by atoms with Crippen molar-refractivity contribution in [2.45, 2.75) is 12.5 Å². The first kappa shape index (κ1) is 18.7. The minimum absolute atomic E-state index is 0.0882. The Morgan fingerprint density at radius 1 is 1.18 bits per heavy atom. The van der Waals surface area contributed by atoms with E-state index in [9.17, 15) is 10.1 Å². The first-order chi connectivity index (χ1) is 13.6. The Bertz CT molecular complexity index is 960. The molecule has 0 spiro atoms. The highest BCUT2D eigenvalue weighted by molar-refractivity contribution is 7.13. The molecule has 0 radical (unpaired) electrons. The third-order valence-corrected chi connectivity index (χ3v) is 6.23. The molecular formula is C21H22N4O2S. The van der Waals surface area contributed by atoms with Gasteiger partial charge >= 0.3 is 0 Å². The lowest BCUT2D eigenvalue weighted by Gasteiger charge is -2.16. The van der Waals surface area contributed by atoms with Crippen molar-refractivity contribution in [2.75, 3.05) is 19.6 Å². The number of nitrogens with two attached hydrogens (primary N) is 1. The van der Waals surface area contributed by atoms with Crippen molar-refractivity contribution in [3.05, 3.63) is 81.3 Å². The number of aromatic nitrogens is 1. The number of nitrogens with zero attached hydrogens (tertiary/aromatic N) is 3. The summed E-state index contributed by atoms with van der Waals surface area (Å²) in [6, 6.07) is 17.2. The average molecular weight is 395 g/mol. The highest BCUT2D eigenvalue weighted by Gasteiger charge is 2.33. The van der Waals surface area contributed by atoms with Crippen molar-refractivity contribution in [2.24, 2.45) is 11.7 Å². The van der Waals surface area contributed by atoms with Crippen LogP contribution in [0.5, 0.6) is 0 Å². The van der Waals surface area contributed by atoms with E-state index < -0.39 is 0 Å². The first-order valence-corrected chi connectivity index (χ1v) is 10.2. The Labute approximate surface area is 167 Å². The fourth-order valence-corrected chi connectivity index (χ4v) is 4.71. The number of thiazole rings is 1. The number of nitro benzene ring substituents is 1. The molecule has 0 amide bonds. The van der Waals surface area contributed by atoms with Crippen LogP contribution < -0.4 is 5.73 Å². The van der Waals surface area contributed by atoms with Gasteiger partial charge in [0.1, 0.15) is 5.01 Å². The zero-order valence-electron chi connectivity index (χ0n) is 15.4. The largest absolute Gasteiger partial charge is 0.330 e. The van der Waals surface area contributed by atoms with Gasteiger partial charge < -0.3 is 5.73 Å². The molecule has 1 saturated heterocycles. The second-order valence-corrected chi connectivity index (χ2v) is 8.02. The summed E-state index contributed by atoms with van der Waals surface area (Å²) in [7, 11) is 0. The van der Waals surface area contributed by atoms with Crippen LogP contribution in [0.1, 0.15) is 17.2 Å². The number of nitro groups is 1. The summed E-state index contributed by atoms with van der Waals surface area (Å²) in [5, 5.41) is 13.9. The first-order valence-electron chi connectivity index (χ1n) is 9.30. The van der Waals surface area contributed by atoms with E-state index >= 15 is 0 Å². The number of likely N-dealkylation sites (tertiary alicyclic amines) is 1. The maximum Gasteiger partial charge on any atom is 0.270 e. The average Bonchev–Trinajstić information content (AvgIpc) is 3.36. The monoisotopic (exact) mass is 394 g/mol. The SMILES string of the molecule is NC[C@@H]1CN(Cc2csc(-c3cccc([N+](=O)[O-])c3)n2)C[C@H]1c1ccccc1. The summed E-state index contributed by atoms with van der Waals surface area (Å²) in [5.74, 6) is 0.887. The molecule has 0 unspecified atom stereocenters. The van der Waals surface area contributed by atoms with Crippen molar-refractivity contribution >= 4 is 17.0 Å². The van der Waals surface area contributed by atoms with Crippen molar-refractivity contribution in [3.63, 3.8) is 0 Å². The molecule has 3 aromatic rings. The molecule has 1 fully saturated rings. The summed E-state index contributed by atoms with van der Waals surface area (Å²) in [6.07, 6.45) is 0. The summed E-state index contributed by atoms with van der Waals surface area (Å²) in [4.78, 5) is 17.7. The quantitative estimate of drug-likeness (QED) is 0.506. The zero-order valence-corrected chi connectivity index (χ0v) is 16.2. The standard InChI is InChI=1S/C21H22N4O2S/c22-10-17-11-24(13-20(17)15-5-2-1-3-6-15)12-18-14-28-21(23-18)16-7-4-8-19(9-16)25(26)27/h1-9,14,17,20H,10-13,22H2/t17-,20+/m1/s1. The fourth-order valence-electron chi connectivity index (χ4n) is 3.90. The topological polar surface area (TPSA) is 85.3 Å². The maximum atomic E-state index is 11.0. The van der Waals surface area contributed by atoms with Crippen LogP contribution in [0, 0.1) is 16.0 Å². The van der Waals surface area contributed by atoms with Crippen LogP contribution in [-0.2, 0) is 6.54 Å². The lowest BCUT2D eigenvalue weighted by Crippen LogP contribution is -2.23. The van der Waals surface area contributed by atoms with E-state index in [1.807, 2.05) is 17.5 Å². The molecule has 2 aromatic carbocycles. The second kappa shape index (κ2) is 8.18. The van der Waals surface area contributed by atoms with Crippen LogP contribution in [0.15, 0.2) is 60.0 Å². The Hall–Kier alpha value is -2.61. The van der Waals surface area contributed by atoms with Gasteiger partial charge in [-0.1, -0.05) is 42.5 Å². The molecule has 2 heterocycles. The number of hydrogen-bond donors (Lipinski definition) is 1. The van der Waals surface area contributed by atoms with E-state index in [1.165, 1.54) is 23.0 Å². The molecule has 28 heavy (non-hydrogen) atoms. The molecular weight excluding hydrogens is 372 g/mol. The van der Waals surface area contributed by atoms with E-state index in [1.54, 1.807) is 12.1 Å². The molecule has 1 aliphatic heterocycles. The van der Waals surface area contributed by atoms with Gasteiger partial charge in [-0.3, -0.25) is 15.0 Å². The van der Waals surface area contributed by atoms with Crippen LogP contribution in [-0.4, -0.2) is 34.4 Å². The van der Waals surface area contributed by atoms with Gasteiger partial charge in [-0.05, 0) is 18.0 Å². The fraction of sp³-hybridized carbons (Fsp3) is 0.286. The third-order valence-electron chi connectivity index (χ3n) is 5.29. The molecule has 144 valence electrons. The lowest BCUT2D eigenvalue weighted by molar-refractivity contribution is -0.384. The molecule has 2 atom stereocenters. The Morgan fingerprint density at radius 2 is 2.00 bits per heavy atom. The van der Waals surface area contributed by atoms with Crippen molar-refractivity contribution in [1.82, 2.24) is 9.88 Å². The summed E-state index contributed by atoms with van der Waals surface area (Å²) >= 11 is 1.53. The molecule has 7 heteroatoms. The van der Waals surface area contributed by atoms with Crippen molar-refractivity contribution < 1.29 is 4.92 Å². The van der Waals surface area contributed by atoms with Gasteiger partial charge in [0.05, 0.1) is 10.6 Å². The van der Waals surface area contributed by atoms with Crippen LogP contribution in [0.25, 0.3) is 10.6 Å². The Balaban J connectivity index is 1.47. The molecule has 1 aliphatic rings. The smallest absolute Gasteiger partial charge is 0.270 e. The van der Waals surface area contributed by atoms with Crippen LogP contribution in [0.3, 0.4) is 0 Å². The Kier molecular flexibility index (Phi) is 5.47. The molecule has 0 bridgehead atoms. The zero-order chi connectivity index (χ0) is 19.5. The molecule has 0 saturated carbocycles. The van der Waals surface area contributed by atoms with Gasteiger partial charge in [0, 0.05) is 48.6 Å². The van der Waals surface area contributed by atoms with Crippen molar-refractivity contribution in [1.29, 1.82) is 0 Å². The molecule has 2 N–H and O–H groups in total. The number of benzene rings is 2. The van der Waals surface area contributed by atoms with Gasteiger partial charge in [0.15, 0.2) is 0 Å². The summed E-state index contributed by atoms with van der Waals surface area (Å²) < 4.78 is 0. The predicted molar refractivity (Wildman–Crippen MR) is 111 cm³/mol. The third kappa shape index (κ3) is 3.96. The van der Waals surface area contributed by atoms with Crippen molar-refractivity contribution in [3.8, 4) is 10.6 Å².